The number of nitrogens with zero attached hydrogens (tertiary/aromatic N) is 1. The van der Waals surface area contributed by atoms with Crippen molar-refractivity contribution in [3.8, 4) is 5.75 Å². The molecule has 2 aromatic carbocycles. The normalized spacial score (nSPS) is 12.2. The van der Waals surface area contributed by atoms with Crippen LogP contribution in [0.1, 0.15) is 11.1 Å². The van der Waals surface area contributed by atoms with Crippen LogP contribution in [0.3, 0.4) is 0 Å². The van der Waals surface area contributed by atoms with Crippen molar-refractivity contribution in [1.29, 1.82) is 0 Å². The van der Waals surface area contributed by atoms with E-state index in [1.807, 2.05) is 6.92 Å². The summed E-state index contributed by atoms with van der Waals surface area (Å²) in [7, 11) is -2.68. The lowest BCUT2D eigenvalue weighted by molar-refractivity contribution is -0.0601. The molecule has 0 aromatic heterocycles. The maximum atomic E-state index is 12.3. The monoisotopic (exact) mass is 391 g/mol. The molecule has 142 valence electrons. The van der Waals surface area contributed by atoms with E-state index in [-0.39, 0.29) is 16.2 Å². The molecule has 0 saturated heterocycles. The molecule has 0 saturated carbocycles. The van der Waals surface area contributed by atoms with Gasteiger partial charge in [-0.25, -0.2) is 0 Å². The Morgan fingerprint density at radius 3 is 2.12 bits per heavy atom. The van der Waals surface area contributed by atoms with Crippen LogP contribution in [-0.4, -0.2) is 37.2 Å². The third-order valence-electron chi connectivity index (χ3n) is 3.03. The summed E-state index contributed by atoms with van der Waals surface area (Å²) in [4.78, 5) is -0.0666. The number of rotatable bonds is 3. The molecule has 0 aliphatic rings. The van der Waals surface area contributed by atoms with Crippen molar-refractivity contribution in [2.24, 2.45) is 5.16 Å². The van der Waals surface area contributed by atoms with E-state index >= 15 is 0 Å². The SMILES string of the molecule is COc1cccc(/C(=N/O)C(F)(F)F)c1.Cc1ccc(S(=O)(=O)O)cc1. The Hall–Kier alpha value is -2.59. The van der Waals surface area contributed by atoms with E-state index in [1.54, 1.807) is 12.1 Å². The van der Waals surface area contributed by atoms with Crippen molar-refractivity contribution in [3.63, 3.8) is 0 Å². The van der Waals surface area contributed by atoms with Crippen LogP contribution >= 0.6 is 0 Å². The van der Waals surface area contributed by atoms with Crippen LogP contribution in [0, 0.1) is 6.92 Å². The van der Waals surface area contributed by atoms with Crippen LogP contribution in [0.4, 0.5) is 13.2 Å². The van der Waals surface area contributed by atoms with Crippen LogP contribution in [0.25, 0.3) is 0 Å². The second kappa shape index (κ2) is 8.68. The number of alkyl halides is 3. The number of methoxy groups -OCH3 is 1. The molecule has 0 fully saturated rings. The predicted octanol–water partition coefficient (Wildman–Crippen LogP) is 3.68. The van der Waals surface area contributed by atoms with E-state index in [0.29, 0.717) is 0 Å². The van der Waals surface area contributed by atoms with Crippen molar-refractivity contribution >= 4 is 15.8 Å². The Labute approximate surface area is 148 Å². The molecule has 0 bridgehead atoms. The molecular weight excluding hydrogens is 375 g/mol. The molecule has 10 heteroatoms. The van der Waals surface area contributed by atoms with Gasteiger partial charge in [0.2, 0.25) is 0 Å². The molecule has 0 unspecified atom stereocenters. The fourth-order valence-corrected chi connectivity index (χ4v) is 2.24. The highest BCUT2D eigenvalue weighted by Crippen LogP contribution is 2.24. The van der Waals surface area contributed by atoms with Gasteiger partial charge in [0.1, 0.15) is 5.75 Å². The molecule has 0 atom stereocenters. The summed E-state index contributed by atoms with van der Waals surface area (Å²) in [6.07, 6.45) is -4.69. The highest BCUT2D eigenvalue weighted by Gasteiger charge is 2.37. The summed E-state index contributed by atoms with van der Waals surface area (Å²) < 4.78 is 71.2. The molecule has 0 radical (unpaired) electrons. The van der Waals surface area contributed by atoms with Crippen molar-refractivity contribution in [1.82, 2.24) is 0 Å². The topological polar surface area (TPSA) is 96.2 Å². The molecule has 2 aromatic rings. The number of hydrogen-bond acceptors (Lipinski definition) is 5. The molecule has 2 N–H and O–H groups in total. The second-order valence-corrected chi connectivity index (χ2v) is 6.39. The zero-order valence-electron chi connectivity index (χ0n) is 13.7. The van der Waals surface area contributed by atoms with E-state index in [1.165, 1.54) is 37.4 Å². The molecule has 0 spiro atoms. The van der Waals surface area contributed by atoms with Crippen molar-refractivity contribution in [2.75, 3.05) is 7.11 Å². The van der Waals surface area contributed by atoms with Gasteiger partial charge in [-0.1, -0.05) is 35.0 Å². The van der Waals surface area contributed by atoms with E-state index in [2.05, 4.69) is 5.16 Å². The Morgan fingerprint density at radius 1 is 1.12 bits per heavy atom. The van der Waals surface area contributed by atoms with Gasteiger partial charge in [0.25, 0.3) is 10.1 Å². The Kier molecular flexibility index (Phi) is 7.16. The van der Waals surface area contributed by atoms with Crippen LogP contribution in [0.15, 0.2) is 58.6 Å². The van der Waals surface area contributed by atoms with E-state index < -0.39 is 22.0 Å². The minimum Gasteiger partial charge on any atom is -0.497 e. The fourth-order valence-electron chi connectivity index (χ4n) is 1.76. The number of ether oxygens (including phenoxy) is 1. The molecule has 6 nitrogen and oxygen atoms in total. The Morgan fingerprint density at radius 2 is 1.69 bits per heavy atom. The lowest BCUT2D eigenvalue weighted by atomic mass is 10.1. The highest BCUT2D eigenvalue weighted by molar-refractivity contribution is 7.85. The maximum absolute atomic E-state index is 12.3. The molecule has 0 amide bonds. The summed E-state index contributed by atoms with van der Waals surface area (Å²) in [6.45, 7) is 1.84. The second-order valence-electron chi connectivity index (χ2n) is 4.97. The predicted molar refractivity (Wildman–Crippen MR) is 88.4 cm³/mol. The highest BCUT2D eigenvalue weighted by atomic mass is 32.2. The zero-order valence-corrected chi connectivity index (χ0v) is 14.5. The summed E-state index contributed by atoms with van der Waals surface area (Å²) >= 11 is 0. The molecule has 0 heterocycles. The molecular formula is C16H16F3NO5S. The van der Waals surface area contributed by atoms with Gasteiger partial charge in [-0.15, -0.1) is 0 Å². The maximum Gasteiger partial charge on any atom is 0.437 e. The lowest BCUT2D eigenvalue weighted by Crippen LogP contribution is -2.24. The third kappa shape index (κ3) is 6.37. The first-order chi connectivity index (χ1) is 12.0. The number of aryl methyl sites for hydroxylation is 1. The van der Waals surface area contributed by atoms with Gasteiger partial charge in [-0.2, -0.15) is 21.6 Å². The van der Waals surface area contributed by atoms with Gasteiger partial charge in [0.15, 0.2) is 5.71 Å². The molecule has 0 aliphatic carbocycles. The third-order valence-corrected chi connectivity index (χ3v) is 3.90. The summed E-state index contributed by atoms with van der Waals surface area (Å²) in [6, 6.07) is 11.2. The summed E-state index contributed by atoms with van der Waals surface area (Å²) in [5, 5.41) is 10.5. The first-order valence-corrected chi connectivity index (χ1v) is 8.41. The average Bonchev–Trinajstić information content (AvgIpc) is 2.54. The molecule has 26 heavy (non-hydrogen) atoms. The number of oxime groups is 1. The number of benzene rings is 2. The van der Waals surface area contributed by atoms with Gasteiger partial charge in [-0.05, 0) is 31.2 Å². The fraction of sp³-hybridized carbons (Fsp3) is 0.188. The van der Waals surface area contributed by atoms with Gasteiger partial charge in [0, 0.05) is 5.56 Å². The van der Waals surface area contributed by atoms with Crippen LogP contribution in [0.2, 0.25) is 0 Å². The van der Waals surface area contributed by atoms with Crippen LogP contribution in [-0.2, 0) is 10.1 Å². The van der Waals surface area contributed by atoms with Gasteiger partial charge in [-0.3, -0.25) is 4.55 Å². The van der Waals surface area contributed by atoms with E-state index in [9.17, 15) is 21.6 Å². The quantitative estimate of drug-likeness (QED) is 0.360. The standard InChI is InChI=1S/C9H8F3NO2.C7H8O3S/c1-15-7-4-2-3-6(5-7)8(13-14)9(10,11)12;1-6-2-4-7(5-3-6)11(8,9)10/h2-5,14H,1H3;2-5H,1H3,(H,8,9,10)/b13-8-;. The first kappa shape index (κ1) is 21.5. The van der Waals surface area contributed by atoms with Crippen molar-refractivity contribution in [2.45, 2.75) is 18.0 Å². The molecule has 0 aliphatic heterocycles. The zero-order chi connectivity index (χ0) is 20.0. The van der Waals surface area contributed by atoms with Crippen molar-refractivity contribution in [3.05, 3.63) is 59.7 Å². The lowest BCUT2D eigenvalue weighted by Gasteiger charge is -2.09. The molecule has 2 rings (SSSR count). The Balaban J connectivity index is 0.000000273. The largest absolute Gasteiger partial charge is 0.497 e. The Bertz CT molecular complexity index is 862. The van der Waals surface area contributed by atoms with Crippen LogP contribution in [0.5, 0.6) is 5.75 Å². The smallest absolute Gasteiger partial charge is 0.437 e. The van der Waals surface area contributed by atoms with Gasteiger partial charge < -0.3 is 9.94 Å². The first-order valence-electron chi connectivity index (χ1n) is 6.97. The minimum absolute atomic E-state index is 0.0666. The van der Waals surface area contributed by atoms with Gasteiger partial charge >= 0.3 is 6.18 Å². The summed E-state index contributed by atoms with van der Waals surface area (Å²) in [5.74, 6) is 0.262. The number of hydrogen-bond donors (Lipinski definition) is 2. The summed E-state index contributed by atoms with van der Waals surface area (Å²) in [5.41, 5.74) is -0.636. The minimum atomic E-state index is -4.69. The van der Waals surface area contributed by atoms with Crippen LogP contribution < -0.4 is 4.74 Å². The van der Waals surface area contributed by atoms with E-state index in [4.69, 9.17) is 14.5 Å². The van der Waals surface area contributed by atoms with Crippen molar-refractivity contribution < 1.29 is 36.1 Å². The number of halogens is 3. The van der Waals surface area contributed by atoms with E-state index in [0.717, 1.165) is 11.6 Å². The average molecular weight is 391 g/mol. The van der Waals surface area contributed by atoms with Gasteiger partial charge in [0.05, 0.1) is 12.0 Å².